The molecule has 0 unspecified atom stereocenters. The van der Waals surface area contributed by atoms with E-state index in [-0.39, 0.29) is 27.6 Å². The van der Waals surface area contributed by atoms with Gasteiger partial charge in [0.15, 0.2) is 9.84 Å². The number of amides is 2. The van der Waals surface area contributed by atoms with E-state index in [2.05, 4.69) is 20.4 Å². The number of hydrogen-bond donors (Lipinski definition) is 2. The third-order valence-corrected chi connectivity index (χ3v) is 7.69. The van der Waals surface area contributed by atoms with Crippen molar-refractivity contribution in [2.45, 2.75) is 29.8 Å². The molecule has 1 aliphatic rings. The molecule has 1 fully saturated rings. The van der Waals surface area contributed by atoms with Crippen LogP contribution < -0.4 is 5.32 Å². The first kappa shape index (κ1) is 30.7. The number of carboxylic acid groups (broad SMARTS) is 1. The van der Waals surface area contributed by atoms with Gasteiger partial charge in [-0.15, -0.1) is 0 Å². The minimum atomic E-state index is -5.08. The SMILES string of the molecule is CS(=O)(=O)c1ccc(Cl)c(NC(=O)N2CCC(c3nc(-c4ccc5ccccc5n4)no3)CC2)c1.O=C(O)C(F)(F)F. The summed E-state index contributed by atoms with van der Waals surface area (Å²) in [7, 11) is -3.42. The number of carboxylic acids is 1. The van der Waals surface area contributed by atoms with Crippen molar-refractivity contribution in [2.24, 2.45) is 0 Å². The molecule has 0 radical (unpaired) electrons. The molecular weight excluding hydrogens is 603 g/mol. The van der Waals surface area contributed by atoms with E-state index in [1.165, 1.54) is 18.2 Å². The zero-order valence-electron chi connectivity index (χ0n) is 21.8. The molecule has 0 saturated carbocycles. The predicted molar refractivity (Wildman–Crippen MR) is 146 cm³/mol. The second-order valence-electron chi connectivity index (χ2n) is 9.25. The number of para-hydroxylation sites is 1. The van der Waals surface area contributed by atoms with Crippen molar-refractivity contribution in [1.29, 1.82) is 0 Å². The Bertz CT molecular complexity index is 1720. The molecule has 2 aromatic heterocycles. The second-order valence-corrected chi connectivity index (χ2v) is 11.7. The Kier molecular flexibility index (Phi) is 9.01. The monoisotopic (exact) mass is 625 g/mol. The van der Waals surface area contributed by atoms with Gasteiger partial charge in [0.2, 0.25) is 11.7 Å². The summed E-state index contributed by atoms with van der Waals surface area (Å²) in [5, 5.41) is 15.3. The molecule has 1 saturated heterocycles. The number of halogens is 4. The number of sulfone groups is 1. The van der Waals surface area contributed by atoms with Crippen molar-refractivity contribution < 1.29 is 40.8 Å². The number of hydrogen-bond acceptors (Lipinski definition) is 8. The zero-order valence-corrected chi connectivity index (χ0v) is 23.4. The molecule has 4 aromatic rings. The Balaban J connectivity index is 0.000000517. The Morgan fingerprint density at radius 1 is 1.07 bits per heavy atom. The average Bonchev–Trinajstić information content (AvgIpc) is 3.44. The van der Waals surface area contributed by atoms with Gasteiger partial charge in [0.25, 0.3) is 0 Å². The maximum Gasteiger partial charge on any atom is 0.490 e. The number of benzene rings is 2. The summed E-state index contributed by atoms with van der Waals surface area (Å²) in [5.41, 5.74) is 1.76. The van der Waals surface area contributed by atoms with Crippen LogP contribution in [0.25, 0.3) is 22.4 Å². The van der Waals surface area contributed by atoms with Crippen molar-refractivity contribution in [3.63, 3.8) is 0 Å². The lowest BCUT2D eigenvalue weighted by atomic mass is 9.97. The van der Waals surface area contributed by atoms with Crippen LogP contribution in [0.15, 0.2) is 64.0 Å². The van der Waals surface area contributed by atoms with Gasteiger partial charge in [-0.05, 0) is 43.2 Å². The molecule has 0 bridgehead atoms. The first-order valence-electron chi connectivity index (χ1n) is 12.3. The molecule has 222 valence electrons. The number of alkyl halides is 3. The summed E-state index contributed by atoms with van der Waals surface area (Å²) in [6.45, 7) is 0.956. The summed E-state index contributed by atoms with van der Waals surface area (Å²) in [6.07, 6.45) is -2.68. The minimum Gasteiger partial charge on any atom is -0.475 e. The number of nitrogens with zero attached hydrogens (tertiary/aromatic N) is 4. The average molecular weight is 626 g/mol. The van der Waals surface area contributed by atoms with Crippen molar-refractivity contribution in [2.75, 3.05) is 24.7 Å². The molecule has 0 aliphatic carbocycles. The van der Waals surface area contributed by atoms with Crippen LogP contribution in [0.2, 0.25) is 5.02 Å². The highest BCUT2D eigenvalue weighted by atomic mass is 35.5. The highest BCUT2D eigenvalue weighted by Crippen LogP contribution is 2.30. The normalized spacial score (nSPS) is 14.3. The second kappa shape index (κ2) is 12.3. The number of anilines is 1. The van der Waals surface area contributed by atoms with Crippen molar-refractivity contribution >= 4 is 50.0 Å². The summed E-state index contributed by atoms with van der Waals surface area (Å²) in [4.78, 5) is 32.6. The number of piperidine rings is 1. The van der Waals surface area contributed by atoms with Crippen LogP contribution in [-0.2, 0) is 14.6 Å². The number of aromatic nitrogens is 3. The Morgan fingerprint density at radius 3 is 2.38 bits per heavy atom. The molecule has 2 aromatic carbocycles. The summed E-state index contributed by atoms with van der Waals surface area (Å²) in [5.74, 6) is -1.77. The number of aliphatic carboxylic acids is 1. The minimum absolute atomic E-state index is 0.0258. The fourth-order valence-corrected chi connectivity index (χ4v) is 4.86. The molecule has 0 atom stereocenters. The van der Waals surface area contributed by atoms with Crippen LogP contribution in [0.5, 0.6) is 0 Å². The number of fused-ring (bicyclic) bond motifs is 1. The van der Waals surface area contributed by atoms with Gasteiger partial charge in [0.1, 0.15) is 5.69 Å². The maximum atomic E-state index is 12.8. The van der Waals surface area contributed by atoms with E-state index in [1.807, 2.05) is 36.4 Å². The van der Waals surface area contributed by atoms with Gasteiger partial charge in [0, 0.05) is 30.6 Å². The lowest BCUT2D eigenvalue weighted by Gasteiger charge is -2.30. The van der Waals surface area contributed by atoms with E-state index >= 15 is 0 Å². The van der Waals surface area contributed by atoms with Crippen molar-refractivity contribution in [1.82, 2.24) is 20.0 Å². The molecule has 16 heteroatoms. The molecule has 0 spiro atoms. The van der Waals surface area contributed by atoms with Crippen LogP contribution in [0.3, 0.4) is 0 Å². The van der Waals surface area contributed by atoms with Gasteiger partial charge < -0.3 is 19.8 Å². The van der Waals surface area contributed by atoms with Gasteiger partial charge in [-0.25, -0.2) is 23.0 Å². The van der Waals surface area contributed by atoms with Gasteiger partial charge in [-0.2, -0.15) is 18.2 Å². The smallest absolute Gasteiger partial charge is 0.475 e. The molecule has 2 N–H and O–H groups in total. The van der Waals surface area contributed by atoms with Crippen molar-refractivity contribution in [3.8, 4) is 11.5 Å². The number of carbonyl (C=O) groups is 2. The number of pyridine rings is 1. The third kappa shape index (κ3) is 7.53. The molecule has 11 nitrogen and oxygen atoms in total. The fourth-order valence-electron chi connectivity index (χ4n) is 4.05. The maximum absolute atomic E-state index is 12.8. The molecule has 2 amide bonds. The number of rotatable bonds is 4. The van der Waals surface area contributed by atoms with E-state index in [0.29, 0.717) is 43.3 Å². The van der Waals surface area contributed by atoms with Gasteiger partial charge in [-0.3, -0.25) is 0 Å². The number of urea groups is 1. The molecule has 5 rings (SSSR count). The first-order chi connectivity index (χ1) is 19.7. The Hall–Kier alpha value is -4.24. The molecular formula is C26H23ClF3N5O6S. The van der Waals surface area contributed by atoms with E-state index in [4.69, 9.17) is 26.0 Å². The van der Waals surface area contributed by atoms with Crippen LogP contribution in [0.4, 0.5) is 23.7 Å². The predicted octanol–water partition coefficient (Wildman–Crippen LogP) is 5.39. The molecule has 1 aliphatic heterocycles. The highest BCUT2D eigenvalue weighted by Gasteiger charge is 2.38. The Morgan fingerprint density at radius 2 is 1.74 bits per heavy atom. The van der Waals surface area contributed by atoms with Crippen LogP contribution in [-0.4, -0.2) is 71.1 Å². The quantitative estimate of drug-likeness (QED) is 0.304. The topological polar surface area (TPSA) is 156 Å². The van der Waals surface area contributed by atoms with Crippen LogP contribution >= 0.6 is 11.6 Å². The van der Waals surface area contributed by atoms with Gasteiger partial charge in [0.05, 0.1) is 21.1 Å². The number of likely N-dealkylation sites (tertiary alicyclic amines) is 1. The fraction of sp³-hybridized carbons (Fsp3) is 0.269. The summed E-state index contributed by atoms with van der Waals surface area (Å²) >= 11 is 6.16. The van der Waals surface area contributed by atoms with Crippen LogP contribution in [0, 0.1) is 0 Å². The summed E-state index contributed by atoms with van der Waals surface area (Å²) < 4.78 is 60.9. The number of nitrogens with one attached hydrogen (secondary N) is 1. The Labute approximate surface area is 242 Å². The summed E-state index contributed by atoms with van der Waals surface area (Å²) in [6, 6.07) is 15.6. The molecule has 3 heterocycles. The van der Waals surface area contributed by atoms with Gasteiger partial charge in [-0.1, -0.05) is 41.0 Å². The van der Waals surface area contributed by atoms with E-state index in [0.717, 1.165) is 17.2 Å². The number of carbonyl (C=O) groups excluding carboxylic acids is 1. The lowest BCUT2D eigenvalue weighted by Crippen LogP contribution is -2.40. The third-order valence-electron chi connectivity index (χ3n) is 6.25. The van der Waals surface area contributed by atoms with Crippen molar-refractivity contribution in [3.05, 3.63) is 65.5 Å². The lowest BCUT2D eigenvalue weighted by molar-refractivity contribution is -0.192. The first-order valence-corrected chi connectivity index (χ1v) is 14.5. The van der Waals surface area contributed by atoms with Crippen LogP contribution in [0.1, 0.15) is 24.7 Å². The molecule has 42 heavy (non-hydrogen) atoms. The van der Waals surface area contributed by atoms with Gasteiger partial charge >= 0.3 is 18.2 Å². The zero-order chi connectivity index (χ0) is 30.7. The largest absolute Gasteiger partial charge is 0.490 e. The van der Waals surface area contributed by atoms with E-state index in [1.54, 1.807) is 4.90 Å². The van der Waals surface area contributed by atoms with E-state index in [9.17, 15) is 26.4 Å². The standard InChI is InChI=1S/C24H22ClN5O4S.C2HF3O2/c1-35(32,33)17-7-8-18(25)21(14-17)27-24(31)30-12-10-16(11-13-30)23-28-22(29-34-23)20-9-6-15-4-2-3-5-19(15)26-20;3-2(4,5)1(6)7/h2-9,14,16H,10-13H2,1H3,(H,27,31);(H,6,7). The van der Waals surface area contributed by atoms with E-state index < -0.39 is 22.0 Å². The highest BCUT2D eigenvalue weighted by molar-refractivity contribution is 7.90.